The molecule has 5 heteroatoms. The maximum Gasteiger partial charge on any atom is 0.217 e. The summed E-state index contributed by atoms with van der Waals surface area (Å²) in [7, 11) is -4.58. The Morgan fingerprint density at radius 2 is 1.93 bits per heavy atom. The number of benzene rings is 1. The van der Waals surface area contributed by atoms with Crippen LogP contribution in [0.5, 0.6) is 0 Å². The molecule has 1 aromatic carbocycles. The Balaban J connectivity index is 2.43. The van der Waals surface area contributed by atoms with Crippen LogP contribution in [0.2, 0.25) is 0 Å². The van der Waals surface area contributed by atoms with Crippen LogP contribution in [0.4, 0.5) is 0 Å². The van der Waals surface area contributed by atoms with Crippen molar-refractivity contribution >= 4 is 16.5 Å². The highest BCUT2D eigenvalue weighted by Gasteiger charge is 1.89. The SMILES string of the molecule is O=S(=O)([O-])OC/C=C/c1ccccc1. The van der Waals surface area contributed by atoms with Gasteiger partial charge in [0.2, 0.25) is 10.4 Å². The Kier molecular flexibility index (Phi) is 3.82. The molecule has 1 rings (SSSR count). The van der Waals surface area contributed by atoms with Crippen molar-refractivity contribution < 1.29 is 17.2 Å². The third-order valence-electron chi connectivity index (χ3n) is 1.42. The summed E-state index contributed by atoms with van der Waals surface area (Å²) < 4.78 is 34.1. The lowest BCUT2D eigenvalue weighted by molar-refractivity contribution is 0.288. The predicted octanol–water partition coefficient (Wildman–Crippen LogP) is 1.18. The van der Waals surface area contributed by atoms with Gasteiger partial charge < -0.3 is 4.55 Å². The summed E-state index contributed by atoms with van der Waals surface area (Å²) in [6, 6.07) is 9.27. The van der Waals surface area contributed by atoms with Crippen molar-refractivity contribution in [1.82, 2.24) is 0 Å². The van der Waals surface area contributed by atoms with Gasteiger partial charge in [0.1, 0.15) is 0 Å². The first kappa shape index (κ1) is 10.9. The fourth-order valence-electron chi connectivity index (χ4n) is 0.871. The van der Waals surface area contributed by atoms with E-state index >= 15 is 0 Å². The van der Waals surface area contributed by atoms with E-state index in [1.165, 1.54) is 6.08 Å². The highest BCUT2D eigenvalue weighted by molar-refractivity contribution is 7.80. The van der Waals surface area contributed by atoms with E-state index in [2.05, 4.69) is 4.18 Å². The zero-order valence-corrected chi connectivity index (χ0v) is 8.11. The molecule has 0 radical (unpaired) electrons. The summed E-state index contributed by atoms with van der Waals surface area (Å²) in [6.07, 6.45) is 3.13. The third kappa shape index (κ3) is 4.76. The van der Waals surface area contributed by atoms with Crippen LogP contribution in [0.3, 0.4) is 0 Å². The largest absolute Gasteiger partial charge is 0.726 e. The minimum Gasteiger partial charge on any atom is -0.726 e. The maximum absolute atomic E-state index is 10.0. The molecule has 0 aliphatic heterocycles. The van der Waals surface area contributed by atoms with Gasteiger partial charge in [-0.05, 0) is 5.56 Å². The monoisotopic (exact) mass is 213 g/mol. The van der Waals surface area contributed by atoms with Gasteiger partial charge in [0.15, 0.2) is 0 Å². The molecule has 0 amide bonds. The Bertz CT molecular complexity index is 394. The van der Waals surface area contributed by atoms with Crippen molar-refractivity contribution in [2.75, 3.05) is 6.61 Å². The van der Waals surface area contributed by atoms with Crippen LogP contribution in [0.1, 0.15) is 5.56 Å². The number of hydrogen-bond acceptors (Lipinski definition) is 4. The highest BCUT2D eigenvalue weighted by Crippen LogP contribution is 2.00. The van der Waals surface area contributed by atoms with Crippen molar-refractivity contribution in [3.05, 3.63) is 42.0 Å². The van der Waals surface area contributed by atoms with Gasteiger partial charge in [-0.3, -0.25) is 4.18 Å². The van der Waals surface area contributed by atoms with Crippen LogP contribution < -0.4 is 0 Å². The quantitative estimate of drug-likeness (QED) is 0.556. The second-order valence-electron chi connectivity index (χ2n) is 2.51. The molecule has 14 heavy (non-hydrogen) atoms. The molecule has 0 fully saturated rings. The lowest BCUT2D eigenvalue weighted by Gasteiger charge is -2.03. The van der Waals surface area contributed by atoms with E-state index in [1.54, 1.807) is 6.08 Å². The van der Waals surface area contributed by atoms with Crippen molar-refractivity contribution in [3.63, 3.8) is 0 Å². The summed E-state index contributed by atoms with van der Waals surface area (Å²) in [6.45, 7) is -0.235. The normalized spacial score (nSPS) is 12.1. The molecule has 1 aromatic rings. The average molecular weight is 213 g/mol. The van der Waals surface area contributed by atoms with Gasteiger partial charge in [-0.2, -0.15) is 0 Å². The van der Waals surface area contributed by atoms with Crippen LogP contribution in [0, 0.1) is 0 Å². The topological polar surface area (TPSA) is 66.4 Å². The van der Waals surface area contributed by atoms with Crippen LogP contribution in [-0.2, 0) is 14.6 Å². The molecule has 0 saturated heterocycles. The first-order chi connectivity index (χ1) is 6.58. The van der Waals surface area contributed by atoms with E-state index in [1.807, 2.05) is 30.3 Å². The number of rotatable bonds is 4. The smallest absolute Gasteiger partial charge is 0.217 e. The van der Waals surface area contributed by atoms with E-state index in [0.717, 1.165) is 5.56 Å². The molecular weight excluding hydrogens is 204 g/mol. The Morgan fingerprint density at radius 3 is 2.50 bits per heavy atom. The van der Waals surface area contributed by atoms with Gasteiger partial charge in [-0.25, -0.2) is 8.42 Å². The zero-order valence-electron chi connectivity index (χ0n) is 7.29. The molecular formula is C9H9O4S-. The van der Waals surface area contributed by atoms with Gasteiger partial charge in [0, 0.05) is 0 Å². The molecule has 0 unspecified atom stereocenters. The van der Waals surface area contributed by atoms with Gasteiger partial charge in [0.25, 0.3) is 0 Å². The van der Waals surface area contributed by atoms with Crippen molar-refractivity contribution in [1.29, 1.82) is 0 Å². The van der Waals surface area contributed by atoms with Gasteiger partial charge in [-0.15, -0.1) is 0 Å². The molecule has 0 heterocycles. The van der Waals surface area contributed by atoms with E-state index in [-0.39, 0.29) is 6.61 Å². The average Bonchev–Trinajstić information content (AvgIpc) is 2.13. The van der Waals surface area contributed by atoms with Crippen LogP contribution in [0.15, 0.2) is 36.4 Å². The molecule has 0 saturated carbocycles. The third-order valence-corrected chi connectivity index (χ3v) is 1.84. The van der Waals surface area contributed by atoms with Crippen LogP contribution >= 0.6 is 0 Å². The molecule has 76 valence electrons. The van der Waals surface area contributed by atoms with Crippen molar-refractivity contribution in [2.45, 2.75) is 0 Å². The fraction of sp³-hybridized carbons (Fsp3) is 0.111. The molecule has 0 bridgehead atoms. The van der Waals surface area contributed by atoms with E-state index < -0.39 is 10.4 Å². The fourth-order valence-corrected chi connectivity index (χ4v) is 1.12. The first-order valence-corrected chi connectivity index (χ1v) is 5.23. The lowest BCUT2D eigenvalue weighted by atomic mass is 10.2. The molecule has 0 aliphatic carbocycles. The molecule has 0 spiro atoms. The Morgan fingerprint density at radius 1 is 1.29 bits per heavy atom. The summed E-state index contributed by atoms with van der Waals surface area (Å²) in [5.41, 5.74) is 0.916. The first-order valence-electron chi connectivity index (χ1n) is 3.90. The van der Waals surface area contributed by atoms with Crippen molar-refractivity contribution in [3.8, 4) is 0 Å². The molecule has 0 atom stereocenters. The molecule has 0 N–H and O–H groups in total. The Labute approximate surface area is 82.8 Å². The maximum atomic E-state index is 10.0. The minimum absolute atomic E-state index is 0.235. The zero-order chi connectivity index (χ0) is 10.4. The van der Waals surface area contributed by atoms with E-state index in [4.69, 9.17) is 0 Å². The summed E-state index contributed by atoms with van der Waals surface area (Å²) in [5, 5.41) is 0. The second kappa shape index (κ2) is 4.90. The second-order valence-corrected chi connectivity index (χ2v) is 3.56. The number of hydrogen-bond donors (Lipinski definition) is 0. The van der Waals surface area contributed by atoms with Crippen molar-refractivity contribution in [2.24, 2.45) is 0 Å². The van der Waals surface area contributed by atoms with Crippen LogP contribution in [-0.4, -0.2) is 19.6 Å². The van der Waals surface area contributed by atoms with Gasteiger partial charge in [-0.1, -0.05) is 42.5 Å². The summed E-state index contributed by atoms with van der Waals surface area (Å²) >= 11 is 0. The molecule has 4 nitrogen and oxygen atoms in total. The van der Waals surface area contributed by atoms with E-state index in [9.17, 15) is 13.0 Å². The van der Waals surface area contributed by atoms with E-state index in [0.29, 0.717) is 0 Å². The summed E-state index contributed by atoms with van der Waals surface area (Å²) in [4.78, 5) is 0. The minimum atomic E-state index is -4.58. The van der Waals surface area contributed by atoms with Gasteiger partial charge in [0.05, 0.1) is 6.61 Å². The Hall–Kier alpha value is -1.17. The molecule has 0 aromatic heterocycles. The van der Waals surface area contributed by atoms with Gasteiger partial charge >= 0.3 is 0 Å². The predicted molar refractivity (Wildman–Crippen MR) is 51.1 cm³/mol. The van der Waals surface area contributed by atoms with Crippen LogP contribution in [0.25, 0.3) is 6.08 Å². The standard InChI is InChI=1S/C9H10O4S/c10-14(11,12)13-8-4-7-9-5-2-1-3-6-9/h1-7H,8H2,(H,10,11,12)/p-1/b7-4+. The lowest BCUT2D eigenvalue weighted by Crippen LogP contribution is -2.03. The highest BCUT2D eigenvalue weighted by atomic mass is 32.3. The molecule has 0 aliphatic rings. The summed E-state index contributed by atoms with van der Waals surface area (Å²) in [5.74, 6) is 0.